The smallest absolute Gasteiger partial charge is 0.224 e. The van der Waals surface area contributed by atoms with Gasteiger partial charge in [0.1, 0.15) is 0 Å². The van der Waals surface area contributed by atoms with Crippen LogP contribution in [0.1, 0.15) is 25.7 Å². The minimum absolute atomic E-state index is 0. The zero-order valence-corrected chi connectivity index (χ0v) is 9.74. The van der Waals surface area contributed by atoms with E-state index in [0.717, 1.165) is 32.4 Å². The van der Waals surface area contributed by atoms with E-state index in [1.807, 2.05) is 0 Å². The molecule has 0 radical (unpaired) electrons. The second-order valence-corrected chi connectivity index (χ2v) is 4.62. The molecule has 15 heavy (non-hydrogen) atoms. The maximum absolute atomic E-state index is 11.6. The van der Waals surface area contributed by atoms with E-state index >= 15 is 0 Å². The number of rotatable bonds is 3. The lowest BCUT2D eigenvalue weighted by atomic mass is 9.77. The first-order valence-electron chi connectivity index (χ1n) is 5.47. The molecule has 2 fully saturated rings. The van der Waals surface area contributed by atoms with Crippen LogP contribution >= 0.6 is 12.4 Å². The highest BCUT2D eigenvalue weighted by atomic mass is 35.5. The second-order valence-electron chi connectivity index (χ2n) is 4.62. The summed E-state index contributed by atoms with van der Waals surface area (Å²) in [6.07, 6.45) is 4.27. The van der Waals surface area contributed by atoms with Gasteiger partial charge in [-0.1, -0.05) is 0 Å². The minimum Gasteiger partial charge on any atom is -0.354 e. The number of amides is 1. The van der Waals surface area contributed by atoms with Crippen molar-refractivity contribution in [1.29, 1.82) is 0 Å². The van der Waals surface area contributed by atoms with Gasteiger partial charge in [0.2, 0.25) is 5.91 Å². The Balaban J connectivity index is 0.00000112. The van der Waals surface area contributed by atoms with Crippen LogP contribution in [0.5, 0.6) is 0 Å². The summed E-state index contributed by atoms with van der Waals surface area (Å²) >= 11 is 0. The monoisotopic (exact) mass is 233 g/mol. The van der Waals surface area contributed by atoms with Gasteiger partial charge in [0.25, 0.3) is 0 Å². The van der Waals surface area contributed by atoms with Crippen molar-refractivity contribution >= 4 is 18.3 Å². The summed E-state index contributed by atoms with van der Waals surface area (Å²) < 4.78 is 0. The van der Waals surface area contributed by atoms with Crippen LogP contribution in [0.3, 0.4) is 0 Å². The van der Waals surface area contributed by atoms with Gasteiger partial charge in [-0.2, -0.15) is 0 Å². The minimum atomic E-state index is -0.0955. The largest absolute Gasteiger partial charge is 0.354 e. The van der Waals surface area contributed by atoms with Gasteiger partial charge in [0.05, 0.1) is 5.92 Å². The predicted octanol–water partition coefficient (Wildman–Crippen LogP) is 0.0153. The molecule has 0 aromatic carbocycles. The molecule has 0 aromatic rings. The normalized spacial score (nSPS) is 27.7. The van der Waals surface area contributed by atoms with E-state index in [1.165, 1.54) is 6.42 Å². The first kappa shape index (κ1) is 12.7. The van der Waals surface area contributed by atoms with Crippen LogP contribution in [-0.4, -0.2) is 31.1 Å². The molecule has 5 heteroatoms. The van der Waals surface area contributed by atoms with Gasteiger partial charge in [-0.3, -0.25) is 4.79 Å². The third kappa shape index (κ3) is 3.06. The summed E-state index contributed by atoms with van der Waals surface area (Å²) in [6.45, 7) is 2.44. The molecule has 1 aliphatic carbocycles. The van der Waals surface area contributed by atoms with Crippen LogP contribution in [0.15, 0.2) is 0 Å². The third-order valence-corrected chi connectivity index (χ3v) is 3.40. The Morgan fingerprint density at radius 3 is 2.73 bits per heavy atom. The second kappa shape index (κ2) is 5.14. The van der Waals surface area contributed by atoms with Crippen molar-refractivity contribution in [3.63, 3.8) is 0 Å². The Bertz CT molecular complexity index is 225. The number of hydrogen-bond donors (Lipinski definition) is 3. The Labute approximate surface area is 96.8 Å². The van der Waals surface area contributed by atoms with Crippen molar-refractivity contribution in [1.82, 2.24) is 10.6 Å². The van der Waals surface area contributed by atoms with Gasteiger partial charge in [-0.25, -0.2) is 0 Å². The lowest BCUT2D eigenvalue weighted by Gasteiger charge is -2.38. The van der Waals surface area contributed by atoms with E-state index in [1.54, 1.807) is 0 Å². The number of hydrogen-bond acceptors (Lipinski definition) is 3. The summed E-state index contributed by atoms with van der Waals surface area (Å²) in [5.74, 6) is 0.338. The summed E-state index contributed by atoms with van der Waals surface area (Å²) in [5.41, 5.74) is 5.92. The maximum atomic E-state index is 11.6. The van der Waals surface area contributed by atoms with Gasteiger partial charge in [0, 0.05) is 18.6 Å². The zero-order valence-electron chi connectivity index (χ0n) is 8.92. The molecule has 1 amide bonds. The molecule has 0 spiro atoms. The van der Waals surface area contributed by atoms with E-state index in [2.05, 4.69) is 10.6 Å². The fourth-order valence-electron chi connectivity index (χ4n) is 2.09. The summed E-state index contributed by atoms with van der Waals surface area (Å²) in [5, 5.41) is 6.15. The third-order valence-electron chi connectivity index (χ3n) is 3.40. The van der Waals surface area contributed by atoms with Gasteiger partial charge in [-0.05, 0) is 32.2 Å². The van der Waals surface area contributed by atoms with E-state index in [4.69, 9.17) is 5.73 Å². The van der Waals surface area contributed by atoms with Crippen molar-refractivity contribution in [3.05, 3.63) is 0 Å². The first-order chi connectivity index (χ1) is 6.70. The van der Waals surface area contributed by atoms with E-state index < -0.39 is 0 Å². The Morgan fingerprint density at radius 1 is 1.53 bits per heavy atom. The number of carbonyl (C=O) groups is 1. The summed E-state index contributed by atoms with van der Waals surface area (Å²) in [4.78, 5) is 11.6. The van der Waals surface area contributed by atoms with Crippen LogP contribution in [0.4, 0.5) is 0 Å². The lowest BCUT2D eigenvalue weighted by Crippen LogP contribution is -2.55. The highest BCUT2D eigenvalue weighted by Crippen LogP contribution is 2.28. The van der Waals surface area contributed by atoms with Crippen molar-refractivity contribution in [2.24, 2.45) is 11.7 Å². The van der Waals surface area contributed by atoms with Crippen molar-refractivity contribution in [2.45, 2.75) is 31.2 Å². The molecule has 1 atom stereocenters. The molecule has 1 heterocycles. The number of nitrogens with two attached hydrogens (primary N) is 1. The molecular formula is C10H20ClN3O. The first-order valence-corrected chi connectivity index (χ1v) is 5.47. The molecule has 0 bridgehead atoms. The van der Waals surface area contributed by atoms with Gasteiger partial charge in [0.15, 0.2) is 0 Å². The Hall–Kier alpha value is -0.320. The van der Waals surface area contributed by atoms with Gasteiger partial charge in [-0.15, -0.1) is 12.4 Å². The molecule has 2 aliphatic rings. The molecule has 2 rings (SSSR count). The zero-order chi connectivity index (χ0) is 10.0. The molecule has 4 N–H and O–H groups in total. The molecule has 88 valence electrons. The molecule has 1 saturated heterocycles. The average Bonchev–Trinajstić information content (AvgIpc) is 2.63. The SMILES string of the molecule is Cl.NC1(CNC(=O)[C@H]2CCNC2)CCC1. The molecule has 1 aliphatic heterocycles. The molecule has 4 nitrogen and oxygen atoms in total. The predicted molar refractivity (Wildman–Crippen MR) is 62.0 cm³/mol. The van der Waals surface area contributed by atoms with Crippen molar-refractivity contribution < 1.29 is 4.79 Å². The fraction of sp³-hybridized carbons (Fsp3) is 0.900. The Kier molecular flexibility index (Phi) is 4.37. The average molecular weight is 234 g/mol. The molecule has 0 unspecified atom stereocenters. The highest BCUT2D eigenvalue weighted by molar-refractivity contribution is 5.85. The van der Waals surface area contributed by atoms with Crippen LogP contribution in [-0.2, 0) is 4.79 Å². The van der Waals surface area contributed by atoms with E-state index in [9.17, 15) is 4.79 Å². The van der Waals surface area contributed by atoms with Crippen LogP contribution in [0.2, 0.25) is 0 Å². The number of halogens is 1. The topological polar surface area (TPSA) is 67.1 Å². The van der Waals surface area contributed by atoms with Crippen LogP contribution in [0.25, 0.3) is 0 Å². The maximum Gasteiger partial charge on any atom is 0.224 e. The molecular weight excluding hydrogens is 214 g/mol. The summed E-state index contributed by atoms with van der Waals surface area (Å²) in [7, 11) is 0. The Morgan fingerprint density at radius 2 is 2.27 bits per heavy atom. The quantitative estimate of drug-likeness (QED) is 0.644. The van der Waals surface area contributed by atoms with Crippen molar-refractivity contribution in [2.75, 3.05) is 19.6 Å². The fourth-order valence-corrected chi connectivity index (χ4v) is 2.09. The van der Waals surface area contributed by atoms with Crippen LogP contribution in [0, 0.1) is 5.92 Å². The van der Waals surface area contributed by atoms with E-state index in [0.29, 0.717) is 6.54 Å². The van der Waals surface area contributed by atoms with Crippen LogP contribution < -0.4 is 16.4 Å². The van der Waals surface area contributed by atoms with Gasteiger partial charge < -0.3 is 16.4 Å². The number of nitrogens with one attached hydrogen (secondary N) is 2. The molecule has 0 aromatic heterocycles. The van der Waals surface area contributed by atoms with Gasteiger partial charge >= 0.3 is 0 Å². The number of carbonyl (C=O) groups excluding carboxylic acids is 1. The molecule has 1 saturated carbocycles. The standard InChI is InChI=1S/C10H19N3O.ClH/c11-10(3-1-4-10)7-13-9(14)8-2-5-12-6-8;/h8,12H,1-7,11H2,(H,13,14);1H/t8-;/m0./s1. The summed E-state index contributed by atoms with van der Waals surface area (Å²) in [6, 6.07) is 0. The van der Waals surface area contributed by atoms with Crippen molar-refractivity contribution in [3.8, 4) is 0 Å². The highest BCUT2D eigenvalue weighted by Gasteiger charge is 2.33. The van der Waals surface area contributed by atoms with E-state index in [-0.39, 0.29) is 29.8 Å². The lowest BCUT2D eigenvalue weighted by molar-refractivity contribution is -0.124.